The van der Waals surface area contributed by atoms with Gasteiger partial charge in [-0.05, 0) is 94.9 Å². The Morgan fingerprint density at radius 1 is 1.03 bits per heavy atom. The summed E-state index contributed by atoms with van der Waals surface area (Å²) in [5, 5.41) is 0. The zero-order valence-electron chi connectivity index (χ0n) is 20.8. The van der Waals surface area contributed by atoms with Crippen molar-refractivity contribution in [2.75, 3.05) is 0 Å². The Kier molecular flexibility index (Phi) is 6.72. The molecular weight excluding hydrogens is 396 g/mol. The van der Waals surface area contributed by atoms with Gasteiger partial charge < -0.3 is 0 Å². The van der Waals surface area contributed by atoms with E-state index in [-0.39, 0.29) is 0 Å². The third-order valence-electron chi connectivity index (χ3n) is 7.97. The van der Waals surface area contributed by atoms with Crippen LogP contribution < -0.4 is 0 Å². The Bertz CT molecular complexity index is 1070. The van der Waals surface area contributed by atoms with Gasteiger partial charge in [-0.25, -0.2) is 0 Å². The van der Waals surface area contributed by atoms with Crippen molar-refractivity contribution in [2.45, 2.75) is 84.5 Å². The minimum Gasteiger partial charge on any atom is -0.0949 e. The lowest BCUT2D eigenvalue weighted by atomic mass is 9.84. The van der Waals surface area contributed by atoms with Crippen molar-refractivity contribution in [1.29, 1.82) is 0 Å². The molecule has 1 aromatic carbocycles. The number of benzene rings is 1. The molecule has 0 spiro atoms. The van der Waals surface area contributed by atoms with Gasteiger partial charge in [0.25, 0.3) is 0 Å². The first-order valence-electron chi connectivity index (χ1n) is 13.3. The van der Waals surface area contributed by atoms with Gasteiger partial charge in [0.2, 0.25) is 0 Å². The SMILES string of the molecule is C=C(CC1=CCC=C1C1=Cc2cc(CC3CCCCC3)ccc2C1)C1=CCC(CC(C)C)=C1. The highest BCUT2D eigenvalue weighted by atomic mass is 14.3. The number of hydrogen-bond donors (Lipinski definition) is 0. The summed E-state index contributed by atoms with van der Waals surface area (Å²) in [6.07, 6.45) is 26.0. The molecule has 0 N–H and O–H groups in total. The third-order valence-corrected chi connectivity index (χ3v) is 7.97. The minimum atomic E-state index is 0.725. The van der Waals surface area contributed by atoms with E-state index in [9.17, 15) is 0 Å². The van der Waals surface area contributed by atoms with Crippen LogP contribution in [0.15, 0.2) is 82.5 Å². The maximum absolute atomic E-state index is 4.48. The van der Waals surface area contributed by atoms with Gasteiger partial charge >= 0.3 is 0 Å². The lowest BCUT2D eigenvalue weighted by molar-refractivity contribution is 0.356. The topological polar surface area (TPSA) is 0 Å². The van der Waals surface area contributed by atoms with Crippen LogP contribution in [-0.4, -0.2) is 0 Å². The zero-order valence-corrected chi connectivity index (χ0v) is 20.8. The molecule has 1 aromatic rings. The summed E-state index contributed by atoms with van der Waals surface area (Å²) < 4.78 is 0. The summed E-state index contributed by atoms with van der Waals surface area (Å²) in [5.74, 6) is 1.63. The van der Waals surface area contributed by atoms with Gasteiger partial charge in [-0.2, -0.15) is 0 Å². The van der Waals surface area contributed by atoms with Gasteiger partial charge in [0.15, 0.2) is 0 Å². The van der Waals surface area contributed by atoms with Crippen molar-refractivity contribution < 1.29 is 0 Å². The molecule has 0 heterocycles. The molecule has 0 heteroatoms. The lowest BCUT2D eigenvalue weighted by Gasteiger charge is -2.21. The van der Waals surface area contributed by atoms with Crippen molar-refractivity contribution in [2.24, 2.45) is 11.8 Å². The standard InChI is InChI=1S/C33H40/c1-23(2)16-26-12-14-28(19-26)24(3)17-30-10-7-11-33(30)32-21-29-15-13-27(20-31(29)22-32)18-25-8-5-4-6-9-25/h10-11,13-15,19-20,22-23,25H,3-9,12,16-18,21H2,1-2H3. The highest BCUT2D eigenvalue weighted by Gasteiger charge is 2.22. The fourth-order valence-corrected chi connectivity index (χ4v) is 6.30. The van der Waals surface area contributed by atoms with Crippen LogP contribution in [0, 0.1) is 11.8 Å². The molecule has 1 saturated carbocycles. The summed E-state index contributed by atoms with van der Waals surface area (Å²) in [7, 11) is 0. The van der Waals surface area contributed by atoms with Crippen LogP contribution in [0.2, 0.25) is 0 Å². The van der Waals surface area contributed by atoms with Crippen molar-refractivity contribution in [3.63, 3.8) is 0 Å². The van der Waals surface area contributed by atoms with E-state index in [2.05, 4.69) is 69.0 Å². The fourth-order valence-electron chi connectivity index (χ4n) is 6.30. The predicted molar refractivity (Wildman–Crippen MR) is 143 cm³/mol. The van der Waals surface area contributed by atoms with E-state index in [0.717, 1.165) is 37.5 Å². The van der Waals surface area contributed by atoms with E-state index >= 15 is 0 Å². The molecule has 0 aliphatic heterocycles. The number of rotatable bonds is 8. The molecule has 0 atom stereocenters. The molecule has 0 amide bonds. The second kappa shape index (κ2) is 9.88. The highest BCUT2D eigenvalue weighted by molar-refractivity contribution is 5.72. The Labute approximate surface area is 201 Å². The van der Waals surface area contributed by atoms with Crippen LogP contribution in [0.1, 0.15) is 88.3 Å². The molecule has 4 aliphatic carbocycles. The zero-order chi connectivity index (χ0) is 22.8. The molecule has 33 heavy (non-hydrogen) atoms. The van der Waals surface area contributed by atoms with Gasteiger partial charge in [0.1, 0.15) is 0 Å². The summed E-state index contributed by atoms with van der Waals surface area (Å²) in [6.45, 7) is 9.09. The Balaban J connectivity index is 1.24. The average Bonchev–Trinajstić information content (AvgIpc) is 3.53. The molecule has 0 aromatic heterocycles. The molecule has 4 aliphatic rings. The van der Waals surface area contributed by atoms with Gasteiger partial charge in [0, 0.05) is 0 Å². The fraction of sp³-hybridized carbons (Fsp3) is 0.455. The van der Waals surface area contributed by atoms with Gasteiger partial charge in [0.05, 0.1) is 0 Å². The first-order chi connectivity index (χ1) is 16.0. The second-order valence-electron chi connectivity index (χ2n) is 11.2. The van der Waals surface area contributed by atoms with Crippen LogP contribution in [0.5, 0.6) is 0 Å². The lowest BCUT2D eigenvalue weighted by Crippen LogP contribution is -2.09. The molecule has 172 valence electrons. The quantitative estimate of drug-likeness (QED) is 0.381. The van der Waals surface area contributed by atoms with Crippen molar-refractivity contribution in [3.05, 3.63) is 99.2 Å². The third kappa shape index (κ3) is 5.26. The summed E-state index contributed by atoms with van der Waals surface area (Å²) in [6, 6.07) is 7.29. The van der Waals surface area contributed by atoms with Crippen LogP contribution in [0.4, 0.5) is 0 Å². The average molecular weight is 437 g/mol. The van der Waals surface area contributed by atoms with Crippen LogP contribution in [0.3, 0.4) is 0 Å². The summed E-state index contributed by atoms with van der Waals surface area (Å²) >= 11 is 0. The van der Waals surface area contributed by atoms with Crippen molar-refractivity contribution in [1.82, 2.24) is 0 Å². The van der Waals surface area contributed by atoms with Gasteiger partial charge in [-0.3, -0.25) is 0 Å². The van der Waals surface area contributed by atoms with Crippen LogP contribution in [0.25, 0.3) is 6.08 Å². The van der Waals surface area contributed by atoms with Crippen molar-refractivity contribution >= 4 is 6.08 Å². The molecule has 0 nitrogen and oxygen atoms in total. The normalized spacial score (nSPS) is 20.4. The van der Waals surface area contributed by atoms with E-state index in [1.807, 2.05) is 0 Å². The monoisotopic (exact) mass is 436 g/mol. The van der Waals surface area contributed by atoms with Gasteiger partial charge in [-0.1, -0.05) is 107 Å². The molecule has 0 bridgehead atoms. The Morgan fingerprint density at radius 2 is 1.88 bits per heavy atom. The molecule has 1 fully saturated rings. The van der Waals surface area contributed by atoms with E-state index in [1.54, 1.807) is 11.1 Å². The van der Waals surface area contributed by atoms with Gasteiger partial charge in [-0.15, -0.1) is 0 Å². The summed E-state index contributed by atoms with van der Waals surface area (Å²) in [4.78, 5) is 0. The number of fused-ring (bicyclic) bond motifs is 1. The van der Waals surface area contributed by atoms with Crippen LogP contribution in [-0.2, 0) is 12.8 Å². The maximum atomic E-state index is 4.48. The van der Waals surface area contributed by atoms with Crippen molar-refractivity contribution in [3.8, 4) is 0 Å². The first-order valence-corrected chi connectivity index (χ1v) is 13.3. The Morgan fingerprint density at radius 3 is 2.70 bits per heavy atom. The first kappa shape index (κ1) is 22.5. The smallest absolute Gasteiger partial charge is 0.00137 e. The number of allylic oxidation sites excluding steroid dienone is 10. The second-order valence-corrected chi connectivity index (χ2v) is 11.2. The van der Waals surface area contributed by atoms with E-state index in [4.69, 9.17) is 0 Å². The predicted octanol–water partition coefficient (Wildman–Crippen LogP) is 9.25. The minimum absolute atomic E-state index is 0.725. The molecule has 0 saturated heterocycles. The van der Waals surface area contributed by atoms with E-state index in [1.165, 1.54) is 83.9 Å². The Hall–Kier alpha value is -2.34. The molecule has 5 rings (SSSR count). The maximum Gasteiger partial charge on any atom is -0.00137 e. The number of hydrogen-bond acceptors (Lipinski definition) is 0. The molecular formula is C33H40. The molecule has 0 unspecified atom stereocenters. The highest BCUT2D eigenvalue weighted by Crippen LogP contribution is 2.40. The van der Waals surface area contributed by atoms with E-state index < -0.39 is 0 Å². The van der Waals surface area contributed by atoms with E-state index in [0.29, 0.717) is 0 Å². The van der Waals surface area contributed by atoms with Crippen LogP contribution >= 0.6 is 0 Å². The summed E-state index contributed by atoms with van der Waals surface area (Å²) in [5.41, 5.74) is 13.2. The largest absolute Gasteiger partial charge is 0.0949 e. The molecule has 0 radical (unpaired) electrons.